The molecule has 1 atom stereocenters. The minimum atomic E-state index is 0.205. The standard InChI is InChI=1S/C28H21B/c1-5-13-21(14-6-1)25-26(22-15-7-2-8-16-22)28(24-19-11-4-12-20-24)29-27(25)23-17-9-3-10-18-23/h1-20,25H/t25-/m1/s1. The molecule has 136 valence electrons. The average Bonchev–Trinajstić information content (AvgIpc) is 3.22. The molecule has 0 radical (unpaired) electrons. The molecule has 0 aliphatic carbocycles. The molecule has 0 nitrogen and oxygen atoms in total. The number of hydrogen-bond acceptors (Lipinski definition) is 0. The second-order valence-corrected chi connectivity index (χ2v) is 7.37. The second-order valence-electron chi connectivity index (χ2n) is 7.37. The Morgan fingerprint density at radius 2 is 0.897 bits per heavy atom. The van der Waals surface area contributed by atoms with Crippen LogP contribution in [0.5, 0.6) is 0 Å². The van der Waals surface area contributed by atoms with Gasteiger partial charge in [0.2, 0.25) is 0 Å². The van der Waals surface area contributed by atoms with Crippen LogP contribution in [-0.2, 0) is 0 Å². The van der Waals surface area contributed by atoms with Crippen LogP contribution in [0.2, 0.25) is 0 Å². The van der Waals surface area contributed by atoms with Crippen molar-refractivity contribution in [3.63, 3.8) is 0 Å². The molecule has 0 amide bonds. The van der Waals surface area contributed by atoms with E-state index in [9.17, 15) is 0 Å². The Bertz CT molecular complexity index is 1160. The molecule has 4 aromatic carbocycles. The van der Waals surface area contributed by atoms with E-state index in [1.165, 1.54) is 38.8 Å². The number of benzene rings is 4. The first-order chi connectivity index (χ1) is 14.4. The first-order valence-electron chi connectivity index (χ1n) is 10.1. The third-order valence-electron chi connectivity index (χ3n) is 5.60. The van der Waals surface area contributed by atoms with Gasteiger partial charge in [0.25, 0.3) is 0 Å². The molecule has 0 saturated heterocycles. The van der Waals surface area contributed by atoms with Crippen LogP contribution < -0.4 is 0 Å². The summed E-state index contributed by atoms with van der Waals surface area (Å²) in [6.07, 6.45) is 0. The Morgan fingerprint density at radius 1 is 0.448 bits per heavy atom. The van der Waals surface area contributed by atoms with E-state index < -0.39 is 0 Å². The molecule has 1 aliphatic heterocycles. The molecule has 0 aromatic heterocycles. The van der Waals surface area contributed by atoms with E-state index in [4.69, 9.17) is 0 Å². The topological polar surface area (TPSA) is 0 Å². The van der Waals surface area contributed by atoms with Crippen molar-refractivity contribution in [2.75, 3.05) is 0 Å². The van der Waals surface area contributed by atoms with Gasteiger partial charge in [-0.15, -0.1) is 0 Å². The van der Waals surface area contributed by atoms with Crippen LogP contribution in [0.1, 0.15) is 28.2 Å². The fourth-order valence-corrected chi connectivity index (χ4v) is 4.30. The van der Waals surface area contributed by atoms with Crippen molar-refractivity contribution in [2.45, 2.75) is 5.92 Å². The third kappa shape index (κ3) is 3.41. The zero-order chi connectivity index (χ0) is 19.5. The fraction of sp³-hybridized carbons (Fsp3) is 0.0357. The monoisotopic (exact) mass is 368 g/mol. The van der Waals surface area contributed by atoms with E-state index in [1.54, 1.807) is 0 Å². The summed E-state index contributed by atoms with van der Waals surface area (Å²) in [6, 6.07) is 43.2. The molecule has 0 saturated carbocycles. The Morgan fingerprint density at radius 3 is 1.45 bits per heavy atom. The van der Waals surface area contributed by atoms with Crippen LogP contribution in [0.4, 0.5) is 0 Å². The summed E-state index contributed by atoms with van der Waals surface area (Å²) in [7, 11) is 0. The van der Waals surface area contributed by atoms with Gasteiger partial charge in [-0.25, -0.2) is 0 Å². The van der Waals surface area contributed by atoms with Gasteiger partial charge >= 0.3 is 173 Å². The van der Waals surface area contributed by atoms with Crippen molar-refractivity contribution in [3.05, 3.63) is 144 Å². The number of rotatable bonds is 4. The Hall–Kier alpha value is -3.45. The first kappa shape index (κ1) is 17.6. The molecule has 0 unspecified atom stereocenters. The number of allylic oxidation sites excluding steroid dienone is 1. The van der Waals surface area contributed by atoms with Crippen molar-refractivity contribution < 1.29 is 0 Å². The van der Waals surface area contributed by atoms with E-state index in [1.807, 2.05) is 0 Å². The molecule has 5 rings (SSSR count). The van der Waals surface area contributed by atoms with E-state index in [-0.39, 0.29) is 5.92 Å². The molecular formula is C28H21B. The number of hydrogen-bond donors (Lipinski definition) is 0. The normalized spacial score (nSPS) is 15.7. The third-order valence-corrected chi connectivity index (χ3v) is 5.60. The molecule has 0 fully saturated rings. The van der Waals surface area contributed by atoms with Gasteiger partial charge in [0.15, 0.2) is 0 Å². The van der Waals surface area contributed by atoms with Crippen molar-refractivity contribution in [3.8, 4) is 0 Å². The molecule has 1 heterocycles. The first-order valence-corrected chi connectivity index (χ1v) is 10.1. The molecule has 1 heteroatoms. The molecule has 0 N–H and O–H groups in total. The van der Waals surface area contributed by atoms with Crippen molar-refractivity contribution in [2.24, 2.45) is 0 Å². The molecule has 1 aliphatic rings. The Balaban J connectivity index is 1.79. The van der Waals surface area contributed by atoms with Gasteiger partial charge in [0.05, 0.1) is 0 Å². The van der Waals surface area contributed by atoms with Crippen LogP contribution in [0.3, 0.4) is 0 Å². The Labute approximate surface area is 173 Å². The molecule has 0 spiro atoms. The van der Waals surface area contributed by atoms with E-state index in [0.717, 1.165) is 0 Å². The quantitative estimate of drug-likeness (QED) is 0.372. The van der Waals surface area contributed by atoms with Gasteiger partial charge in [-0.2, -0.15) is 0 Å². The SMILES string of the molecule is B1=C(c2ccccc2)[C@H](c2ccccc2)C(c2ccccc2)=C1c1ccccc1. The molecule has 4 aromatic rings. The Kier molecular flexibility index (Phi) is 4.80. The van der Waals surface area contributed by atoms with Gasteiger partial charge < -0.3 is 0 Å². The van der Waals surface area contributed by atoms with Crippen LogP contribution >= 0.6 is 0 Å². The average molecular weight is 368 g/mol. The molecule has 29 heavy (non-hydrogen) atoms. The predicted molar refractivity (Wildman–Crippen MR) is 125 cm³/mol. The van der Waals surface area contributed by atoms with Gasteiger partial charge in [0, 0.05) is 0 Å². The second kappa shape index (κ2) is 7.89. The zero-order valence-electron chi connectivity index (χ0n) is 16.2. The predicted octanol–water partition coefficient (Wildman–Crippen LogP) is 6.28. The van der Waals surface area contributed by atoms with E-state index in [2.05, 4.69) is 128 Å². The van der Waals surface area contributed by atoms with Crippen molar-refractivity contribution in [1.82, 2.24) is 0 Å². The summed E-state index contributed by atoms with van der Waals surface area (Å²) in [5.41, 5.74) is 9.19. The molecule has 0 bridgehead atoms. The van der Waals surface area contributed by atoms with Crippen molar-refractivity contribution >= 4 is 23.4 Å². The summed E-state index contributed by atoms with van der Waals surface area (Å²) >= 11 is 0. The maximum atomic E-state index is 2.39. The molecular weight excluding hydrogens is 347 g/mol. The van der Waals surface area contributed by atoms with Gasteiger partial charge in [-0.3, -0.25) is 0 Å². The summed E-state index contributed by atoms with van der Waals surface area (Å²) in [5.74, 6) is 0.205. The van der Waals surface area contributed by atoms with Gasteiger partial charge in [-0.05, 0) is 0 Å². The maximum absolute atomic E-state index is 2.39. The van der Waals surface area contributed by atoms with Crippen molar-refractivity contribution in [1.29, 1.82) is 0 Å². The van der Waals surface area contributed by atoms with Crippen LogP contribution in [0, 0.1) is 0 Å². The summed E-state index contributed by atoms with van der Waals surface area (Å²) in [5, 5.41) is 0. The van der Waals surface area contributed by atoms with E-state index >= 15 is 0 Å². The van der Waals surface area contributed by atoms with Gasteiger partial charge in [0.1, 0.15) is 0 Å². The van der Waals surface area contributed by atoms with Crippen LogP contribution in [0.25, 0.3) is 11.0 Å². The minimum absolute atomic E-state index is 0.205. The van der Waals surface area contributed by atoms with Crippen LogP contribution in [0.15, 0.2) is 121 Å². The summed E-state index contributed by atoms with van der Waals surface area (Å²) in [6.45, 7) is 2.39. The van der Waals surface area contributed by atoms with E-state index in [0.29, 0.717) is 0 Å². The zero-order valence-corrected chi connectivity index (χ0v) is 16.2. The fourth-order valence-electron chi connectivity index (χ4n) is 4.30. The summed E-state index contributed by atoms with van der Waals surface area (Å²) < 4.78 is 0. The summed E-state index contributed by atoms with van der Waals surface area (Å²) in [4.78, 5) is 0. The van der Waals surface area contributed by atoms with Crippen LogP contribution in [-0.4, -0.2) is 12.4 Å². The van der Waals surface area contributed by atoms with Gasteiger partial charge in [-0.1, -0.05) is 0 Å².